The van der Waals surface area contributed by atoms with Crippen LogP contribution in [-0.4, -0.2) is 80.0 Å². The van der Waals surface area contributed by atoms with Crippen molar-refractivity contribution in [1.29, 1.82) is 0 Å². The molecular formula is C31H42FN7O5. The Labute approximate surface area is 256 Å². The van der Waals surface area contributed by atoms with Crippen molar-refractivity contribution in [3.8, 4) is 0 Å². The predicted octanol–water partition coefficient (Wildman–Crippen LogP) is 4.05. The molecule has 238 valence electrons. The van der Waals surface area contributed by atoms with Gasteiger partial charge in [-0.2, -0.15) is 0 Å². The van der Waals surface area contributed by atoms with E-state index >= 15 is 0 Å². The molecule has 0 spiro atoms. The number of likely N-dealkylation sites (N-methyl/N-ethyl adjacent to an activating group) is 1. The third-order valence-electron chi connectivity index (χ3n) is 7.11. The third kappa shape index (κ3) is 8.74. The van der Waals surface area contributed by atoms with E-state index in [1.165, 1.54) is 28.7 Å². The standard InChI is InChI=1S/C31H42FN7O5/c1-7-10-21-13-14-23(34-29(41)20(17-38(6)31(43)44)11-8-9-12-26(40)37(4)5)30(42)39(21)18-25-35-27-22(32)16-33-24(15-19(2)3)28(27)36-25/h9,12-14,16,19-20H,7-8,10-11,15,17-18H2,1-6H3,(H,34,41)(H,35,36)(H,43,44)/b12-9+/t20-/m0/s1. The van der Waals surface area contributed by atoms with Crippen molar-refractivity contribution in [2.24, 2.45) is 11.8 Å². The Bertz CT molecular complexity index is 1580. The van der Waals surface area contributed by atoms with Gasteiger partial charge in [0.15, 0.2) is 5.82 Å². The molecule has 0 aliphatic heterocycles. The average Bonchev–Trinajstić information content (AvgIpc) is 3.39. The van der Waals surface area contributed by atoms with Crippen molar-refractivity contribution >= 4 is 34.6 Å². The van der Waals surface area contributed by atoms with Crippen LogP contribution in [0.3, 0.4) is 0 Å². The number of aryl methyl sites for hydroxylation is 1. The topological polar surface area (TPSA) is 154 Å². The second-order valence-corrected chi connectivity index (χ2v) is 11.5. The number of pyridine rings is 2. The smallest absolute Gasteiger partial charge is 0.407 e. The number of anilines is 1. The highest BCUT2D eigenvalue weighted by atomic mass is 19.1. The summed E-state index contributed by atoms with van der Waals surface area (Å²) in [7, 11) is 4.60. The number of aromatic amines is 1. The van der Waals surface area contributed by atoms with E-state index in [-0.39, 0.29) is 42.5 Å². The molecule has 0 radical (unpaired) electrons. The molecule has 0 fully saturated rings. The third-order valence-corrected chi connectivity index (χ3v) is 7.11. The highest BCUT2D eigenvalue weighted by Gasteiger charge is 2.24. The molecule has 3 N–H and O–H groups in total. The van der Waals surface area contributed by atoms with Gasteiger partial charge in [-0.05, 0) is 49.8 Å². The van der Waals surface area contributed by atoms with Gasteiger partial charge in [0, 0.05) is 33.4 Å². The van der Waals surface area contributed by atoms with E-state index in [2.05, 4.69) is 20.3 Å². The van der Waals surface area contributed by atoms with Gasteiger partial charge in [0.25, 0.3) is 5.56 Å². The van der Waals surface area contributed by atoms with Crippen molar-refractivity contribution in [2.75, 3.05) is 33.0 Å². The fourth-order valence-electron chi connectivity index (χ4n) is 4.77. The molecule has 3 amide bonds. The normalized spacial score (nSPS) is 12.2. The Kier molecular flexibility index (Phi) is 11.8. The molecule has 0 aliphatic rings. The molecule has 1 atom stereocenters. The SMILES string of the molecule is CCCc1ccc(NC(=O)[C@@H](CC/C=C/C(=O)N(C)C)CN(C)C(=O)O)c(=O)n1Cc1nc2c(F)cnc(CC(C)C)c2[nH]1. The molecule has 0 saturated carbocycles. The van der Waals surface area contributed by atoms with Crippen LogP contribution in [0.2, 0.25) is 0 Å². The Morgan fingerprint density at radius 3 is 2.57 bits per heavy atom. The Balaban J connectivity index is 1.91. The van der Waals surface area contributed by atoms with E-state index in [1.54, 1.807) is 26.2 Å². The Morgan fingerprint density at radius 1 is 1.20 bits per heavy atom. The maximum Gasteiger partial charge on any atom is 0.407 e. The molecule has 0 bridgehead atoms. The average molecular weight is 612 g/mol. The van der Waals surface area contributed by atoms with E-state index in [4.69, 9.17) is 0 Å². The van der Waals surface area contributed by atoms with Crippen LogP contribution in [0.5, 0.6) is 0 Å². The maximum atomic E-state index is 14.6. The van der Waals surface area contributed by atoms with Gasteiger partial charge >= 0.3 is 6.09 Å². The minimum atomic E-state index is -1.19. The summed E-state index contributed by atoms with van der Waals surface area (Å²) in [6.45, 7) is 5.98. The van der Waals surface area contributed by atoms with Crippen LogP contribution in [0.25, 0.3) is 11.0 Å². The monoisotopic (exact) mass is 611 g/mol. The summed E-state index contributed by atoms with van der Waals surface area (Å²) in [6.07, 6.45) is 5.56. The zero-order valence-electron chi connectivity index (χ0n) is 26.2. The number of carbonyl (C=O) groups is 3. The summed E-state index contributed by atoms with van der Waals surface area (Å²) in [4.78, 5) is 64.7. The lowest BCUT2D eigenvalue weighted by molar-refractivity contribution is -0.123. The number of nitrogens with one attached hydrogen (secondary N) is 2. The first-order valence-electron chi connectivity index (χ1n) is 14.7. The molecule has 3 heterocycles. The second kappa shape index (κ2) is 15.3. The van der Waals surface area contributed by atoms with Crippen LogP contribution < -0.4 is 10.9 Å². The summed E-state index contributed by atoms with van der Waals surface area (Å²) in [5, 5.41) is 12.1. The minimum Gasteiger partial charge on any atom is -0.465 e. The summed E-state index contributed by atoms with van der Waals surface area (Å²) >= 11 is 0. The van der Waals surface area contributed by atoms with Gasteiger partial charge in [-0.1, -0.05) is 33.3 Å². The lowest BCUT2D eigenvalue weighted by Crippen LogP contribution is -2.38. The van der Waals surface area contributed by atoms with Crippen LogP contribution in [0.4, 0.5) is 14.9 Å². The van der Waals surface area contributed by atoms with Crippen molar-refractivity contribution in [3.63, 3.8) is 0 Å². The number of fused-ring (bicyclic) bond motifs is 1. The van der Waals surface area contributed by atoms with Crippen molar-refractivity contribution in [1.82, 2.24) is 29.3 Å². The van der Waals surface area contributed by atoms with Crippen molar-refractivity contribution in [2.45, 2.75) is 59.4 Å². The lowest BCUT2D eigenvalue weighted by atomic mass is 10.0. The molecule has 44 heavy (non-hydrogen) atoms. The van der Waals surface area contributed by atoms with Gasteiger partial charge in [0.05, 0.1) is 29.9 Å². The number of aromatic nitrogens is 4. The largest absolute Gasteiger partial charge is 0.465 e. The number of hydrogen-bond acceptors (Lipinski definition) is 6. The number of H-pyrrole nitrogens is 1. The van der Waals surface area contributed by atoms with E-state index in [9.17, 15) is 28.7 Å². The summed E-state index contributed by atoms with van der Waals surface area (Å²) in [5.74, 6) is -1.41. The molecule has 0 aliphatic carbocycles. The van der Waals surface area contributed by atoms with Gasteiger partial charge in [-0.3, -0.25) is 19.4 Å². The second-order valence-electron chi connectivity index (χ2n) is 11.5. The number of rotatable bonds is 14. The molecule has 0 aromatic carbocycles. The summed E-state index contributed by atoms with van der Waals surface area (Å²) in [5.41, 5.74) is 1.63. The first-order valence-corrected chi connectivity index (χ1v) is 14.7. The lowest BCUT2D eigenvalue weighted by Gasteiger charge is -2.21. The number of allylic oxidation sites excluding steroid dienone is 1. The number of hydrogen-bond donors (Lipinski definition) is 3. The molecule has 0 saturated heterocycles. The van der Waals surface area contributed by atoms with Crippen LogP contribution in [0.15, 0.2) is 35.3 Å². The molecular weight excluding hydrogens is 569 g/mol. The molecule has 3 rings (SSSR count). The summed E-state index contributed by atoms with van der Waals surface area (Å²) < 4.78 is 16.1. The molecule has 13 heteroatoms. The zero-order valence-corrected chi connectivity index (χ0v) is 26.2. The Hall–Kier alpha value is -4.55. The zero-order chi connectivity index (χ0) is 32.6. The maximum absolute atomic E-state index is 14.6. The Morgan fingerprint density at radius 2 is 1.93 bits per heavy atom. The van der Waals surface area contributed by atoms with E-state index in [0.29, 0.717) is 36.3 Å². The van der Waals surface area contributed by atoms with Crippen molar-refractivity contribution in [3.05, 3.63) is 63.9 Å². The van der Waals surface area contributed by atoms with Gasteiger partial charge in [0.1, 0.15) is 17.0 Å². The van der Waals surface area contributed by atoms with Crippen LogP contribution in [0, 0.1) is 17.7 Å². The number of carboxylic acid groups (broad SMARTS) is 1. The highest BCUT2D eigenvalue weighted by Crippen LogP contribution is 2.21. The predicted molar refractivity (Wildman–Crippen MR) is 166 cm³/mol. The summed E-state index contributed by atoms with van der Waals surface area (Å²) in [6, 6.07) is 3.29. The van der Waals surface area contributed by atoms with Gasteiger partial charge < -0.3 is 29.8 Å². The fourth-order valence-corrected chi connectivity index (χ4v) is 4.77. The van der Waals surface area contributed by atoms with E-state index in [1.807, 2.05) is 20.8 Å². The van der Waals surface area contributed by atoms with Crippen LogP contribution in [-0.2, 0) is 29.0 Å². The molecule has 3 aromatic rings. The van der Waals surface area contributed by atoms with Gasteiger partial charge in [-0.25, -0.2) is 14.2 Å². The van der Waals surface area contributed by atoms with Crippen molar-refractivity contribution < 1.29 is 23.9 Å². The van der Waals surface area contributed by atoms with Crippen LogP contribution in [0.1, 0.15) is 57.2 Å². The van der Waals surface area contributed by atoms with E-state index in [0.717, 1.165) is 23.2 Å². The fraction of sp³-hybridized carbons (Fsp3) is 0.484. The van der Waals surface area contributed by atoms with Gasteiger partial charge in [0.2, 0.25) is 11.8 Å². The quantitative estimate of drug-likeness (QED) is 0.233. The van der Waals surface area contributed by atoms with Crippen LogP contribution >= 0.6 is 0 Å². The van der Waals surface area contributed by atoms with E-state index < -0.39 is 29.3 Å². The number of nitrogens with zero attached hydrogens (tertiary/aromatic N) is 5. The number of carbonyl (C=O) groups excluding carboxylic acids is 2. The number of imidazole rings is 1. The highest BCUT2D eigenvalue weighted by molar-refractivity contribution is 5.93. The van der Waals surface area contributed by atoms with Gasteiger partial charge in [-0.15, -0.1) is 0 Å². The number of amides is 3. The first kappa shape index (κ1) is 33.9. The first-order chi connectivity index (χ1) is 20.8. The molecule has 12 nitrogen and oxygen atoms in total. The number of halogens is 1. The minimum absolute atomic E-state index is 0.0169. The molecule has 3 aromatic heterocycles. The molecule has 0 unspecified atom stereocenters.